The van der Waals surface area contributed by atoms with Crippen molar-refractivity contribution < 1.29 is 14.3 Å². The van der Waals surface area contributed by atoms with Gasteiger partial charge in [-0.15, -0.1) is 0 Å². The van der Waals surface area contributed by atoms with E-state index in [0.717, 1.165) is 12.0 Å². The first kappa shape index (κ1) is 21.0. The number of amides is 1. The van der Waals surface area contributed by atoms with Crippen molar-refractivity contribution in [1.29, 1.82) is 0 Å². The fourth-order valence-electron chi connectivity index (χ4n) is 3.57. The molecule has 0 aliphatic carbocycles. The molecule has 4 aromatic rings. The Balaban J connectivity index is 1.74. The Labute approximate surface area is 184 Å². The second kappa shape index (κ2) is 8.89. The SMILES string of the molecule is CCc1ccc(-n2c(=O)c3cccnc3n2CC(=O)Nc2ccccc2C(=O)OC)cc1. The minimum atomic E-state index is -0.554. The van der Waals surface area contributed by atoms with Gasteiger partial charge in [0.25, 0.3) is 5.56 Å². The summed E-state index contributed by atoms with van der Waals surface area (Å²) in [5, 5.41) is 3.15. The molecule has 32 heavy (non-hydrogen) atoms. The van der Waals surface area contributed by atoms with Crippen LogP contribution in [0.5, 0.6) is 0 Å². The molecule has 0 fully saturated rings. The van der Waals surface area contributed by atoms with E-state index in [-0.39, 0.29) is 17.7 Å². The number of hydrogen-bond acceptors (Lipinski definition) is 5. The average molecular weight is 430 g/mol. The second-order valence-electron chi connectivity index (χ2n) is 7.15. The van der Waals surface area contributed by atoms with E-state index in [1.54, 1.807) is 42.6 Å². The molecule has 162 valence electrons. The van der Waals surface area contributed by atoms with Crippen molar-refractivity contribution in [3.05, 3.63) is 88.3 Å². The van der Waals surface area contributed by atoms with Gasteiger partial charge in [-0.3, -0.25) is 14.3 Å². The van der Waals surface area contributed by atoms with Crippen LogP contribution in [0.3, 0.4) is 0 Å². The zero-order valence-corrected chi connectivity index (χ0v) is 17.7. The first-order chi connectivity index (χ1) is 15.5. The lowest BCUT2D eigenvalue weighted by Gasteiger charge is -2.14. The van der Waals surface area contributed by atoms with Crippen molar-refractivity contribution in [2.75, 3.05) is 12.4 Å². The van der Waals surface area contributed by atoms with Gasteiger partial charge in [0.15, 0.2) is 5.65 Å². The molecule has 4 rings (SSSR count). The minimum Gasteiger partial charge on any atom is -0.465 e. The number of nitrogens with one attached hydrogen (secondary N) is 1. The summed E-state index contributed by atoms with van der Waals surface area (Å²) >= 11 is 0. The van der Waals surface area contributed by atoms with Crippen molar-refractivity contribution in [3.63, 3.8) is 0 Å². The van der Waals surface area contributed by atoms with E-state index in [0.29, 0.717) is 22.4 Å². The Morgan fingerprint density at radius 1 is 1.03 bits per heavy atom. The zero-order chi connectivity index (χ0) is 22.7. The van der Waals surface area contributed by atoms with Gasteiger partial charge in [0.05, 0.1) is 29.4 Å². The van der Waals surface area contributed by atoms with Crippen molar-refractivity contribution in [1.82, 2.24) is 14.3 Å². The number of pyridine rings is 1. The van der Waals surface area contributed by atoms with Crippen LogP contribution < -0.4 is 10.9 Å². The van der Waals surface area contributed by atoms with E-state index >= 15 is 0 Å². The third-order valence-corrected chi connectivity index (χ3v) is 5.18. The number of hydrogen-bond donors (Lipinski definition) is 1. The van der Waals surface area contributed by atoms with Crippen LogP contribution in [0.4, 0.5) is 5.69 Å². The summed E-state index contributed by atoms with van der Waals surface area (Å²) in [6.07, 6.45) is 2.45. The summed E-state index contributed by atoms with van der Waals surface area (Å²) in [5.74, 6) is -0.968. The quantitative estimate of drug-likeness (QED) is 0.474. The Bertz CT molecular complexity index is 1350. The third-order valence-electron chi connectivity index (χ3n) is 5.18. The van der Waals surface area contributed by atoms with Gasteiger partial charge in [0.1, 0.15) is 6.54 Å². The number of rotatable bonds is 6. The molecule has 0 radical (unpaired) electrons. The Morgan fingerprint density at radius 2 is 1.78 bits per heavy atom. The van der Waals surface area contributed by atoms with Crippen LogP contribution in [0.25, 0.3) is 16.7 Å². The third kappa shape index (κ3) is 3.90. The smallest absolute Gasteiger partial charge is 0.339 e. The molecule has 0 aliphatic heterocycles. The highest BCUT2D eigenvalue weighted by Gasteiger charge is 2.19. The number of para-hydroxylation sites is 1. The summed E-state index contributed by atoms with van der Waals surface area (Å²) < 4.78 is 7.77. The molecule has 0 atom stereocenters. The van der Waals surface area contributed by atoms with Crippen molar-refractivity contribution >= 4 is 28.6 Å². The number of carbonyl (C=O) groups excluding carboxylic acids is 2. The van der Waals surface area contributed by atoms with E-state index < -0.39 is 11.9 Å². The van der Waals surface area contributed by atoms with E-state index in [1.807, 2.05) is 24.3 Å². The summed E-state index contributed by atoms with van der Waals surface area (Å²) in [7, 11) is 1.28. The number of anilines is 1. The Morgan fingerprint density at radius 3 is 2.50 bits per heavy atom. The molecule has 2 heterocycles. The topological polar surface area (TPSA) is 95.2 Å². The van der Waals surface area contributed by atoms with E-state index in [4.69, 9.17) is 4.74 Å². The normalized spacial score (nSPS) is 10.8. The second-order valence-corrected chi connectivity index (χ2v) is 7.15. The molecule has 0 saturated heterocycles. The van der Waals surface area contributed by atoms with Crippen LogP contribution in [-0.4, -0.2) is 33.3 Å². The van der Waals surface area contributed by atoms with Crippen LogP contribution in [-0.2, 0) is 22.5 Å². The maximum atomic E-state index is 13.1. The number of benzene rings is 2. The van der Waals surface area contributed by atoms with Gasteiger partial charge in [-0.2, -0.15) is 0 Å². The molecule has 1 N–H and O–H groups in total. The van der Waals surface area contributed by atoms with Crippen molar-refractivity contribution in [2.45, 2.75) is 19.9 Å². The number of fused-ring (bicyclic) bond motifs is 1. The fourth-order valence-corrected chi connectivity index (χ4v) is 3.57. The number of carbonyl (C=O) groups is 2. The fraction of sp³-hybridized carbons (Fsp3) is 0.167. The first-order valence-corrected chi connectivity index (χ1v) is 10.2. The number of esters is 1. The van der Waals surface area contributed by atoms with Gasteiger partial charge in [-0.25, -0.2) is 14.5 Å². The maximum Gasteiger partial charge on any atom is 0.339 e. The van der Waals surface area contributed by atoms with Gasteiger partial charge in [0.2, 0.25) is 5.91 Å². The molecule has 0 spiro atoms. The lowest BCUT2D eigenvalue weighted by molar-refractivity contribution is -0.116. The maximum absolute atomic E-state index is 13.1. The van der Waals surface area contributed by atoms with Crippen LogP contribution in [0, 0.1) is 0 Å². The molecule has 1 amide bonds. The molecule has 2 aromatic carbocycles. The predicted octanol–water partition coefficient (Wildman–Crippen LogP) is 3.17. The monoisotopic (exact) mass is 430 g/mol. The van der Waals surface area contributed by atoms with Gasteiger partial charge in [-0.1, -0.05) is 31.2 Å². The molecule has 0 aliphatic rings. The van der Waals surface area contributed by atoms with Crippen LogP contribution >= 0.6 is 0 Å². The van der Waals surface area contributed by atoms with Gasteiger partial charge < -0.3 is 10.1 Å². The van der Waals surface area contributed by atoms with Crippen LogP contribution in [0.15, 0.2) is 71.7 Å². The lowest BCUT2D eigenvalue weighted by Crippen LogP contribution is -2.27. The van der Waals surface area contributed by atoms with Crippen LogP contribution in [0.1, 0.15) is 22.8 Å². The molecule has 0 unspecified atom stereocenters. The lowest BCUT2D eigenvalue weighted by atomic mass is 10.1. The summed E-state index contributed by atoms with van der Waals surface area (Å²) in [4.78, 5) is 42.4. The van der Waals surface area contributed by atoms with Gasteiger partial charge in [0, 0.05) is 6.20 Å². The van der Waals surface area contributed by atoms with E-state index in [2.05, 4.69) is 17.2 Å². The molecule has 0 bridgehead atoms. The zero-order valence-electron chi connectivity index (χ0n) is 17.7. The van der Waals surface area contributed by atoms with Gasteiger partial charge >= 0.3 is 5.97 Å². The number of aromatic nitrogens is 3. The number of nitrogens with zero attached hydrogens (tertiary/aromatic N) is 3. The summed E-state index contributed by atoms with van der Waals surface area (Å²) in [5.41, 5.74) is 2.47. The Kier molecular flexibility index (Phi) is 5.85. The highest BCUT2D eigenvalue weighted by Crippen LogP contribution is 2.18. The summed E-state index contributed by atoms with van der Waals surface area (Å²) in [6.45, 7) is 1.87. The first-order valence-electron chi connectivity index (χ1n) is 10.2. The largest absolute Gasteiger partial charge is 0.465 e. The van der Waals surface area contributed by atoms with E-state index in [1.165, 1.54) is 16.5 Å². The standard InChI is InChI=1S/C24H22N4O4/c1-3-16-10-12-17(13-11-16)28-23(30)19-8-6-14-25-22(19)27(28)15-21(29)26-20-9-5-4-7-18(20)24(31)32-2/h4-14H,3,15H2,1-2H3,(H,26,29). The van der Waals surface area contributed by atoms with Crippen molar-refractivity contribution in [2.24, 2.45) is 0 Å². The molecule has 0 saturated carbocycles. The Hall–Kier alpha value is -4.20. The highest BCUT2D eigenvalue weighted by molar-refractivity contribution is 6.01. The molecule has 8 heteroatoms. The number of ether oxygens (including phenoxy) is 1. The molecular weight excluding hydrogens is 408 g/mol. The van der Waals surface area contributed by atoms with Crippen LogP contribution in [0.2, 0.25) is 0 Å². The number of methoxy groups -OCH3 is 1. The average Bonchev–Trinajstić information content (AvgIpc) is 3.10. The summed E-state index contributed by atoms with van der Waals surface area (Å²) in [6, 6.07) is 17.5. The van der Waals surface area contributed by atoms with E-state index in [9.17, 15) is 14.4 Å². The predicted molar refractivity (Wildman–Crippen MR) is 121 cm³/mol. The van der Waals surface area contributed by atoms with Crippen molar-refractivity contribution in [3.8, 4) is 5.69 Å². The number of aryl methyl sites for hydroxylation is 1. The molecule has 8 nitrogen and oxygen atoms in total. The minimum absolute atomic E-state index is 0.180. The van der Waals surface area contributed by atoms with Gasteiger partial charge in [-0.05, 0) is 48.4 Å². The molecule has 2 aromatic heterocycles. The molecular formula is C24H22N4O4. The highest BCUT2D eigenvalue weighted by atomic mass is 16.5.